The Morgan fingerprint density at radius 2 is 1.74 bits per heavy atom. The Kier molecular flexibility index (Phi) is 4.21. The van der Waals surface area contributed by atoms with E-state index in [-0.39, 0.29) is 12.3 Å². The van der Waals surface area contributed by atoms with Gasteiger partial charge in [-0.3, -0.25) is 4.79 Å². The molecule has 23 heavy (non-hydrogen) atoms. The lowest BCUT2D eigenvalue weighted by Crippen LogP contribution is -2.09. The van der Waals surface area contributed by atoms with Gasteiger partial charge in [-0.15, -0.1) is 0 Å². The third-order valence-electron chi connectivity index (χ3n) is 3.36. The Hall–Kier alpha value is -3.32. The molecule has 1 N–H and O–H groups in total. The zero-order valence-corrected chi connectivity index (χ0v) is 12.3. The van der Waals surface area contributed by atoms with Gasteiger partial charge in [0.15, 0.2) is 0 Å². The molecule has 0 fully saturated rings. The first-order valence-corrected chi connectivity index (χ1v) is 7.19. The summed E-state index contributed by atoms with van der Waals surface area (Å²) in [5.41, 5.74) is 0.635. The van der Waals surface area contributed by atoms with Crippen LogP contribution < -0.4 is 10.1 Å². The summed E-state index contributed by atoms with van der Waals surface area (Å²) in [6.07, 6.45) is -0.158. The number of ether oxygens (including phenoxy) is 1. The van der Waals surface area contributed by atoms with E-state index in [1.807, 2.05) is 48.5 Å². The Morgan fingerprint density at radius 1 is 1.00 bits per heavy atom. The van der Waals surface area contributed by atoms with Crippen molar-refractivity contribution in [1.82, 2.24) is 0 Å². The van der Waals surface area contributed by atoms with E-state index >= 15 is 0 Å². The van der Waals surface area contributed by atoms with Gasteiger partial charge in [0, 0.05) is 11.1 Å². The summed E-state index contributed by atoms with van der Waals surface area (Å²) < 4.78 is 5.93. The minimum Gasteiger partial charge on any atom is -0.457 e. The number of hydrogen-bond acceptors (Lipinski definition) is 3. The van der Waals surface area contributed by atoms with E-state index in [0.29, 0.717) is 11.4 Å². The Balaban J connectivity index is 1.78. The highest BCUT2D eigenvalue weighted by Crippen LogP contribution is 2.30. The summed E-state index contributed by atoms with van der Waals surface area (Å²) in [5.74, 6) is 1.14. The molecule has 4 heteroatoms. The molecule has 0 aromatic heterocycles. The molecule has 112 valence electrons. The summed E-state index contributed by atoms with van der Waals surface area (Å²) in [7, 11) is 0. The van der Waals surface area contributed by atoms with Crippen molar-refractivity contribution in [3.8, 4) is 17.6 Å². The Morgan fingerprint density at radius 3 is 2.52 bits per heavy atom. The number of nitrogens with zero attached hydrogens (tertiary/aromatic N) is 1. The molecule has 0 aliphatic carbocycles. The highest BCUT2D eigenvalue weighted by Gasteiger charge is 2.04. The molecule has 0 atom stereocenters. The van der Waals surface area contributed by atoms with Gasteiger partial charge in [0.2, 0.25) is 5.91 Å². The predicted molar refractivity (Wildman–Crippen MR) is 89.3 cm³/mol. The van der Waals surface area contributed by atoms with Gasteiger partial charge in [-0.2, -0.15) is 5.26 Å². The predicted octanol–water partition coefficient (Wildman–Crippen LogP) is 4.48. The van der Waals surface area contributed by atoms with Gasteiger partial charge in [-0.1, -0.05) is 36.4 Å². The van der Waals surface area contributed by atoms with Gasteiger partial charge in [0.05, 0.1) is 6.07 Å². The van der Waals surface area contributed by atoms with Gasteiger partial charge >= 0.3 is 0 Å². The molecule has 1 amide bonds. The van der Waals surface area contributed by atoms with Gasteiger partial charge in [-0.05, 0) is 35.7 Å². The molecule has 0 saturated carbocycles. The number of rotatable bonds is 4. The van der Waals surface area contributed by atoms with E-state index in [0.717, 1.165) is 16.5 Å². The normalized spacial score (nSPS) is 10.0. The van der Waals surface area contributed by atoms with Crippen LogP contribution in [0.5, 0.6) is 11.5 Å². The number of carbonyl (C=O) groups is 1. The molecule has 0 bridgehead atoms. The molecule has 3 aromatic rings. The third kappa shape index (κ3) is 3.47. The maximum atomic E-state index is 11.4. The van der Waals surface area contributed by atoms with Crippen LogP contribution in [0.3, 0.4) is 0 Å². The minimum atomic E-state index is -0.324. The summed E-state index contributed by atoms with van der Waals surface area (Å²) in [6.45, 7) is 0. The zero-order chi connectivity index (χ0) is 16.1. The average molecular weight is 302 g/mol. The van der Waals surface area contributed by atoms with Crippen LogP contribution in [0.25, 0.3) is 10.8 Å². The van der Waals surface area contributed by atoms with Crippen molar-refractivity contribution in [2.24, 2.45) is 0 Å². The standard InChI is InChI=1S/C19H14N2O2/c20-13-12-19(22)21-15-8-10-16(11-9-15)23-18-7-3-5-14-4-1-2-6-17(14)18/h1-11H,12H2,(H,21,22). The second kappa shape index (κ2) is 6.63. The molecular formula is C19H14N2O2. The van der Waals surface area contributed by atoms with Crippen LogP contribution in [0, 0.1) is 11.3 Å². The fraction of sp³-hybridized carbons (Fsp3) is 0.0526. The number of anilines is 1. The van der Waals surface area contributed by atoms with Crippen molar-refractivity contribution in [2.75, 3.05) is 5.32 Å². The number of benzene rings is 3. The molecule has 3 rings (SSSR count). The summed E-state index contributed by atoms with van der Waals surface area (Å²) in [5, 5.41) is 13.3. The van der Waals surface area contributed by atoms with Crippen LogP contribution in [0.1, 0.15) is 6.42 Å². The van der Waals surface area contributed by atoms with Gasteiger partial charge in [0.25, 0.3) is 0 Å². The fourth-order valence-corrected chi connectivity index (χ4v) is 2.29. The van der Waals surface area contributed by atoms with Crippen molar-refractivity contribution in [3.63, 3.8) is 0 Å². The number of fused-ring (bicyclic) bond motifs is 1. The topological polar surface area (TPSA) is 62.1 Å². The maximum Gasteiger partial charge on any atom is 0.238 e. The number of carbonyl (C=O) groups excluding carboxylic acids is 1. The summed E-state index contributed by atoms with van der Waals surface area (Å²) in [4.78, 5) is 11.4. The van der Waals surface area contributed by atoms with Crippen LogP contribution in [0.4, 0.5) is 5.69 Å². The van der Waals surface area contributed by atoms with Crippen LogP contribution in [0.15, 0.2) is 66.7 Å². The molecule has 0 heterocycles. The second-order valence-electron chi connectivity index (χ2n) is 4.99. The monoisotopic (exact) mass is 302 g/mol. The van der Waals surface area contributed by atoms with Crippen molar-refractivity contribution in [1.29, 1.82) is 5.26 Å². The van der Waals surface area contributed by atoms with Crippen molar-refractivity contribution in [3.05, 3.63) is 66.7 Å². The molecule has 4 nitrogen and oxygen atoms in total. The average Bonchev–Trinajstić information content (AvgIpc) is 2.57. The van der Waals surface area contributed by atoms with Gasteiger partial charge in [0.1, 0.15) is 17.9 Å². The summed E-state index contributed by atoms with van der Waals surface area (Å²) in [6, 6.07) is 22.8. The van der Waals surface area contributed by atoms with Gasteiger partial charge in [-0.25, -0.2) is 0 Å². The number of amides is 1. The van der Waals surface area contributed by atoms with Crippen molar-refractivity contribution >= 4 is 22.4 Å². The van der Waals surface area contributed by atoms with E-state index in [1.165, 1.54) is 0 Å². The molecule has 0 saturated heterocycles. The number of nitrogens with one attached hydrogen (secondary N) is 1. The van der Waals surface area contributed by atoms with Crippen molar-refractivity contribution < 1.29 is 9.53 Å². The Labute approximate surface area is 133 Å². The first-order chi connectivity index (χ1) is 11.3. The molecule has 3 aromatic carbocycles. The minimum absolute atomic E-state index is 0.158. The van der Waals surface area contributed by atoms with E-state index in [4.69, 9.17) is 10.00 Å². The summed E-state index contributed by atoms with van der Waals surface area (Å²) >= 11 is 0. The highest BCUT2D eigenvalue weighted by molar-refractivity contribution is 5.92. The van der Waals surface area contributed by atoms with E-state index in [1.54, 1.807) is 24.3 Å². The number of nitriles is 1. The molecule has 0 spiro atoms. The SMILES string of the molecule is N#CCC(=O)Nc1ccc(Oc2cccc3ccccc23)cc1. The quantitative estimate of drug-likeness (QED) is 0.772. The van der Waals surface area contributed by atoms with E-state index < -0.39 is 0 Å². The molecule has 0 aliphatic rings. The molecule has 0 unspecified atom stereocenters. The van der Waals surface area contributed by atoms with Crippen LogP contribution in [-0.2, 0) is 4.79 Å². The zero-order valence-electron chi connectivity index (χ0n) is 12.3. The second-order valence-corrected chi connectivity index (χ2v) is 4.99. The lowest BCUT2D eigenvalue weighted by molar-refractivity contribution is -0.115. The largest absolute Gasteiger partial charge is 0.457 e. The molecule has 0 radical (unpaired) electrons. The lowest BCUT2D eigenvalue weighted by Gasteiger charge is -2.10. The molecule has 0 aliphatic heterocycles. The van der Waals surface area contributed by atoms with Gasteiger partial charge < -0.3 is 10.1 Å². The maximum absolute atomic E-state index is 11.4. The van der Waals surface area contributed by atoms with E-state index in [9.17, 15) is 4.79 Å². The van der Waals surface area contributed by atoms with Crippen LogP contribution >= 0.6 is 0 Å². The molecular weight excluding hydrogens is 288 g/mol. The number of hydrogen-bond donors (Lipinski definition) is 1. The third-order valence-corrected chi connectivity index (χ3v) is 3.36. The van der Waals surface area contributed by atoms with Crippen LogP contribution in [-0.4, -0.2) is 5.91 Å². The highest BCUT2D eigenvalue weighted by atomic mass is 16.5. The lowest BCUT2D eigenvalue weighted by atomic mass is 10.1. The first-order valence-electron chi connectivity index (χ1n) is 7.19. The smallest absolute Gasteiger partial charge is 0.238 e. The van der Waals surface area contributed by atoms with Crippen molar-refractivity contribution in [2.45, 2.75) is 6.42 Å². The fourth-order valence-electron chi connectivity index (χ4n) is 2.29. The van der Waals surface area contributed by atoms with E-state index in [2.05, 4.69) is 5.32 Å². The van der Waals surface area contributed by atoms with Crippen LogP contribution in [0.2, 0.25) is 0 Å². The first kappa shape index (κ1) is 14.6. The Bertz CT molecular complexity index is 875.